The maximum absolute atomic E-state index is 8.53. The third kappa shape index (κ3) is 257. The summed E-state index contributed by atoms with van der Waals surface area (Å²) in [6.07, 6.45) is 0. The molecule has 0 aliphatic carbocycles. The number of hydrogen-bond acceptors (Lipinski definition) is 6. The van der Waals surface area contributed by atoms with Crippen molar-refractivity contribution in [1.29, 1.82) is 0 Å². The van der Waals surface area contributed by atoms with Crippen molar-refractivity contribution in [2.45, 2.75) is 0 Å². The molecule has 0 aliphatic heterocycles. The van der Waals surface area contributed by atoms with E-state index < -0.39 is 47.1 Å². The van der Waals surface area contributed by atoms with Gasteiger partial charge in [0.2, 0.25) is 0 Å². The first-order valence-electron chi connectivity index (χ1n) is 1.41. The summed E-state index contributed by atoms with van der Waals surface area (Å²) >= 11 is -6.56. The molecule has 0 bridgehead atoms. The molecule has 10 heavy (non-hydrogen) atoms. The van der Waals surface area contributed by atoms with Crippen LogP contribution in [0.5, 0.6) is 0 Å². The molecule has 0 N–H and O–H groups in total. The third-order valence-corrected chi connectivity index (χ3v) is 0. The topological polar surface area (TPSA) is 120 Å². The van der Waals surface area contributed by atoms with E-state index in [0.29, 0.717) is 0 Å². The van der Waals surface area contributed by atoms with E-state index in [4.69, 9.17) is 23.7 Å². The normalized spacial score (nSPS) is 3.60. The van der Waals surface area contributed by atoms with Crippen molar-refractivity contribution in [3.8, 4) is 0 Å². The van der Waals surface area contributed by atoms with Crippen LogP contribution in [0.3, 0.4) is 0 Å². The second kappa shape index (κ2) is 45.6. The van der Waals surface area contributed by atoms with Crippen LogP contribution in [0.4, 0.5) is 0 Å². The van der Waals surface area contributed by atoms with Crippen LogP contribution in [0, 0.1) is 37.7 Å². The van der Waals surface area contributed by atoms with E-state index in [1.807, 2.05) is 0 Å². The average molecular weight is 482 g/mol. The van der Waals surface area contributed by atoms with Crippen LogP contribution in [-0.4, -0.2) is 47.1 Å². The quantitative estimate of drug-likeness (QED) is 0.318. The summed E-state index contributed by atoms with van der Waals surface area (Å²) in [6.45, 7) is 0. The Morgan fingerprint density at radius 3 is 0.700 bits per heavy atom. The summed E-state index contributed by atoms with van der Waals surface area (Å²) in [5.74, 6) is 0. The monoisotopic (exact) mass is 486 g/mol. The van der Waals surface area contributed by atoms with Crippen LogP contribution >= 0.6 is 0 Å². The molecule has 0 amide bonds. The Bertz CT molecular complexity index is 49.7. The van der Waals surface area contributed by atoms with Gasteiger partial charge in [0.15, 0.2) is 0 Å². The number of hydrogen-bond donors (Lipinski definition) is 0. The van der Waals surface area contributed by atoms with E-state index in [1.54, 1.807) is 0 Å². The van der Waals surface area contributed by atoms with E-state index in [1.165, 1.54) is 0 Å². The first-order chi connectivity index (χ1) is 4.24. The predicted octanol–water partition coefficient (Wildman–Crippen LogP) is -5.87. The Labute approximate surface area is 107 Å². The molecule has 0 aliphatic rings. The zero-order chi connectivity index (χ0) is 8.12. The minimum absolute atomic E-state index is 0. The van der Waals surface area contributed by atoms with Crippen molar-refractivity contribution in [2.75, 3.05) is 0 Å². The van der Waals surface area contributed by atoms with Gasteiger partial charge >= 0.3 is 109 Å². The van der Waals surface area contributed by atoms with Gasteiger partial charge in [-0.15, -0.1) is 0 Å². The molecule has 0 saturated carbocycles. The summed E-state index contributed by atoms with van der Waals surface area (Å²) in [4.78, 5) is 0. The molecule has 6 nitrogen and oxygen atoms in total. The van der Waals surface area contributed by atoms with Gasteiger partial charge in [-0.25, -0.2) is 0 Å². The molecule has 0 aromatic heterocycles. The van der Waals surface area contributed by atoms with Crippen molar-refractivity contribution in [3.63, 3.8) is 0 Å². The van der Waals surface area contributed by atoms with Gasteiger partial charge in [0.1, 0.15) is 0 Å². The van der Waals surface area contributed by atoms with Gasteiger partial charge in [0.05, 0.1) is 0 Å². The molecule has 0 rings (SSSR count). The summed E-state index contributed by atoms with van der Waals surface area (Å²) < 4.78 is 51.2. The molecule has 0 aromatic carbocycles. The SMILES string of the molecule is [Ho+3].[O]=[GeH][O-].[O]=[GeH][O-].[O]=[GeH][O-]. The van der Waals surface area contributed by atoms with Gasteiger partial charge in [-0.05, 0) is 0 Å². The molecular weight excluding hydrogens is 479 g/mol. The van der Waals surface area contributed by atoms with E-state index in [2.05, 4.69) is 0 Å². The molecule has 0 spiro atoms. The fourth-order valence-electron chi connectivity index (χ4n) is 0. The van der Waals surface area contributed by atoms with Gasteiger partial charge in [-0.2, -0.15) is 0 Å². The molecule has 0 radical (unpaired) electrons. The van der Waals surface area contributed by atoms with Crippen molar-refractivity contribution in [3.05, 3.63) is 0 Å². The van der Waals surface area contributed by atoms with Crippen LogP contribution < -0.4 is 12.4 Å². The molecule has 0 atom stereocenters. The van der Waals surface area contributed by atoms with Crippen LogP contribution in [-0.2, 0) is 11.3 Å². The summed E-state index contributed by atoms with van der Waals surface area (Å²) in [6, 6.07) is 0. The predicted molar refractivity (Wildman–Crippen MR) is 23.5 cm³/mol. The van der Waals surface area contributed by atoms with Crippen molar-refractivity contribution >= 4 is 47.1 Å². The molecular formula is H3Ge3HoO6. The van der Waals surface area contributed by atoms with E-state index in [-0.39, 0.29) is 37.7 Å². The molecule has 0 unspecified atom stereocenters. The van der Waals surface area contributed by atoms with Crippen LogP contribution in [0.1, 0.15) is 0 Å². The van der Waals surface area contributed by atoms with Crippen molar-refractivity contribution in [2.24, 2.45) is 0 Å². The summed E-state index contributed by atoms with van der Waals surface area (Å²) in [5.41, 5.74) is 0. The Morgan fingerprint density at radius 2 is 0.700 bits per heavy atom. The standard InChI is InChI=1S/3GeHO2.Ho/c3*2-1-3;/h3*1H;/q3*-1;+3. The summed E-state index contributed by atoms with van der Waals surface area (Å²) in [5, 5.41) is 0. The van der Waals surface area contributed by atoms with Gasteiger partial charge in [0, 0.05) is 0 Å². The molecule has 0 heterocycles. The van der Waals surface area contributed by atoms with Crippen molar-refractivity contribution in [1.82, 2.24) is 0 Å². The maximum atomic E-state index is 8.53. The van der Waals surface area contributed by atoms with Gasteiger partial charge in [0.25, 0.3) is 0 Å². The Balaban J connectivity index is -0.0000000257. The Hall–Kier alpha value is 1.69. The zero-order valence-electron chi connectivity index (χ0n) is 4.48. The Kier molecular flexibility index (Phi) is 103. The number of rotatable bonds is 0. The van der Waals surface area contributed by atoms with Crippen LogP contribution in [0.25, 0.3) is 0 Å². The third-order valence-electron chi connectivity index (χ3n) is 0. The summed E-state index contributed by atoms with van der Waals surface area (Å²) in [7, 11) is 0. The van der Waals surface area contributed by atoms with E-state index in [9.17, 15) is 0 Å². The molecule has 10 heteroatoms. The molecule has 62 valence electrons. The van der Waals surface area contributed by atoms with Crippen molar-refractivity contribution < 1.29 is 61.5 Å². The average Bonchev–Trinajstić information content (AvgIpc) is 1.70. The zero-order valence-corrected chi connectivity index (χ0v) is 13.7. The first kappa shape index (κ1) is 22.6. The van der Waals surface area contributed by atoms with Gasteiger partial charge in [-0.1, -0.05) is 0 Å². The van der Waals surface area contributed by atoms with E-state index >= 15 is 0 Å². The second-order valence-electron chi connectivity index (χ2n) is 0.289. The fourth-order valence-corrected chi connectivity index (χ4v) is 0. The molecule has 0 aromatic rings. The molecule has 0 saturated heterocycles. The van der Waals surface area contributed by atoms with E-state index in [0.717, 1.165) is 0 Å². The first-order valence-corrected chi connectivity index (χ1v) is 7.35. The van der Waals surface area contributed by atoms with Gasteiger partial charge in [-0.3, -0.25) is 0 Å². The van der Waals surface area contributed by atoms with Crippen LogP contribution in [0.15, 0.2) is 0 Å². The minimum atomic E-state index is -2.19. The second-order valence-corrected chi connectivity index (χ2v) is 1.50. The van der Waals surface area contributed by atoms with Gasteiger partial charge < -0.3 is 0 Å². The van der Waals surface area contributed by atoms with Crippen LogP contribution in [0.2, 0.25) is 0 Å². The molecule has 0 fully saturated rings. The fraction of sp³-hybridized carbons (Fsp3) is 0. The Morgan fingerprint density at radius 1 is 0.700 bits per heavy atom.